The Balaban J connectivity index is 1.92. The summed E-state index contributed by atoms with van der Waals surface area (Å²) in [7, 11) is 1.81. The molecule has 0 saturated carbocycles. The molecule has 196 valence electrons. The van der Waals surface area contributed by atoms with Crippen LogP contribution in [0.1, 0.15) is 70.1 Å². The van der Waals surface area contributed by atoms with Crippen molar-refractivity contribution in [1.29, 1.82) is 0 Å². The molecule has 0 aliphatic rings. The zero-order chi connectivity index (χ0) is 26.7. The Morgan fingerprint density at radius 2 is 1.97 bits per heavy atom. The lowest BCUT2D eigenvalue weighted by atomic mass is 9.81. The number of aldehydes is 1. The molecule has 0 bridgehead atoms. The zero-order valence-electron chi connectivity index (χ0n) is 23.3. The summed E-state index contributed by atoms with van der Waals surface area (Å²) in [6.07, 6.45) is 5.57. The quantitative estimate of drug-likeness (QED) is 0.213. The molecule has 6 heteroatoms. The maximum atomic E-state index is 11.3. The van der Waals surface area contributed by atoms with Crippen LogP contribution in [-0.4, -0.2) is 33.9 Å². The Kier molecular flexibility index (Phi) is 8.29. The number of carbonyl (C=O) groups excluding carboxylic acids is 1. The molecule has 37 heavy (non-hydrogen) atoms. The highest BCUT2D eigenvalue weighted by Gasteiger charge is 2.26. The van der Waals surface area contributed by atoms with Crippen molar-refractivity contribution in [3.05, 3.63) is 58.2 Å². The Morgan fingerprint density at radius 3 is 2.62 bits per heavy atom. The molecule has 4 rings (SSSR count). The smallest absolute Gasteiger partial charge is 0.137 e. The van der Waals surface area contributed by atoms with Crippen molar-refractivity contribution in [1.82, 2.24) is 19.9 Å². The number of carbonyl (C=O) groups is 1. The number of aromatic nitrogens is 3. The molecule has 0 aliphatic carbocycles. The van der Waals surface area contributed by atoms with Crippen LogP contribution in [0.5, 0.6) is 0 Å². The highest BCUT2D eigenvalue weighted by molar-refractivity contribution is 7.10. The van der Waals surface area contributed by atoms with Crippen molar-refractivity contribution in [2.45, 2.75) is 79.3 Å². The van der Waals surface area contributed by atoms with Gasteiger partial charge in [0, 0.05) is 46.6 Å². The van der Waals surface area contributed by atoms with E-state index in [0.717, 1.165) is 47.6 Å². The number of pyridine rings is 1. The third-order valence-corrected chi connectivity index (χ3v) is 8.39. The molecule has 0 fully saturated rings. The molecular formula is C31H40N4OS. The minimum atomic E-state index is -0.208. The fourth-order valence-electron chi connectivity index (χ4n) is 5.02. The number of thiazole rings is 1. The molecular weight excluding hydrogens is 476 g/mol. The summed E-state index contributed by atoms with van der Waals surface area (Å²) in [6, 6.07) is 10.9. The van der Waals surface area contributed by atoms with Crippen LogP contribution in [0.3, 0.4) is 0 Å². The fraction of sp³-hybridized carbons (Fsp3) is 0.452. The van der Waals surface area contributed by atoms with Crippen LogP contribution in [0.4, 0.5) is 0 Å². The average molecular weight is 517 g/mol. The van der Waals surface area contributed by atoms with Gasteiger partial charge in [0.1, 0.15) is 6.29 Å². The fourth-order valence-corrected chi connectivity index (χ4v) is 5.89. The zero-order valence-corrected chi connectivity index (χ0v) is 24.1. The number of hydrogen-bond donors (Lipinski definition) is 1. The second-order valence-corrected chi connectivity index (χ2v) is 11.9. The SMILES string of the molecule is CCn1c(-c2cccnc2C(C)C)c(CC(C)(C)CC)c2cc(-c3csc(CC(C=O)NC)n3)ccc21. The Hall–Kier alpha value is -2.83. The number of aryl methyl sites for hydroxylation is 1. The standard InChI is InChI=1S/C31H40N4OS/c1-8-31(5,6)17-25-24-15-21(26-19-37-28(34-26)16-22(18-36)32-7)12-13-27(24)35(9-2)30(25)23-11-10-14-33-29(23)20(3)4/h10-15,18-20,22,32H,8-9,16-17H2,1-7H3. The van der Waals surface area contributed by atoms with Crippen molar-refractivity contribution < 1.29 is 4.79 Å². The lowest BCUT2D eigenvalue weighted by Gasteiger charge is -2.24. The minimum absolute atomic E-state index is 0.169. The number of likely N-dealkylation sites (N-methyl/N-ethyl adjacent to an activating group) is 1. The van der Waals surface area contributed by atoms with E-state index in [0.29, 0.717) is 12.3 Å². The topological polar surface area (TPSA) is 59.8 Å². The van der Waals surface area contributed by atoms with Crippen molar-refractivity contribution in [2.24, 2.45) is 5.41 Å². The van der Waals surface area contributed by atoms with Gasteiger partial charge in [-0.05, 0) is 61.6 Å². The van der Waals surface area contributed by atoms with Gasteiger partial charge in [-0.2, -0.15) is 0 Å². The number of nitrogens with zero attached hydrogens (tertiary/aromatic N) is 3. The molecule has 0 radical (unpaired) electrons. The second kappa shape index (κ2) is 11.3. The Morgan fingerprint density at radius 1 is 1.19 bits per heavy atom. The Bertz CT molecular complexity index is 1380. The van der Waals surface area contributed by atoms with E-state index in [1.54, 1.807) is 11.3 Å². The average Bonchev–Trinajstić information content (AvgIpc) is 3.49. The lowest BCUT2D eigenvalue weighted by Crippen LogP contribution is -2.28. The van der Waals surface area contributed by atoms with Gasteiger partial charge in [-0.25, -0.2) is 4.98 Å². The van der Waals surface area contributed by atoms with Crippen molar-refractivity contribution in [2.75, 3.05) is 7.05 Å². The first-order chi connectivity index (χ1) is 17.7. The predicted molar refractivity (Wildman–Crippen MR) is 156 cm³/mol. The summed E-state index contributed by atoms with van der Waals surface area (Å²) in [6.45, 7) is 14.6. The molecule has 1 N–H and O–H groups in total. The number of nitrogens with one attached hydrogen (secondary N) is 1. The van der Waals surface area contributed by atoms with Crippen LogP contribution in [0, 0.1) is 5.41 Å². The first-order valence-corrected chi connectivity index (χ1v) is 14.3. The minimum Gasteiger partial charge on any atom is -0.340 e. The molecule has 0 amide bonds. The second-order valence-electron chi connectivity index (χ2n) is 11.0. The summed E-state index contributed by atoms with van der Waals surface area (Å²) in [5.74, 6) is 0.336. The molecule has 4 aromatic rings. The van der Waals surface area contributed by atoms with Crippen molar-refractivity contribution >= 4 is 28.5 Å². The molecule has 1 atom stereocenters. The normalized spacial score (nSPS) is 13.0. The number of hydrogen-bond acceptors (Lipinski definition) is 5. The molecule has 3 aromatic heterocycles. The van der Waals surface area contributed by atoms with Gasteiger partial charge in [0.15, 0.2) is 0 Å². The largest absolute Gasteiger partial charge is 0.340 e. The maximum Gasteiger partial charge on any atom is 0.137 e. The van der Waals surface area contributed by atoms with Crippen LogP contribution in [0.2, 0.25) is 0 Å². The first-order valence-electron chi connectivity index (χ1n) is 13.4. The van der Waals surface area contributed by atoms with E-state index in [1.807, 2.05) is 13.2 Å². The Labute approximate surface area is 225 Å². The number of benzene rings is 1. The van der Waals surface area contributed by atoms with Crippen molar-refractivity contribution in [3.8, 4) is 22.5 Å². The van der Waals surface area contributed by atoms with E-state index >= 15 is 0 Å². The molecule has 1 aromatic carbocycles. The van der Waals surface area contributed by atoms with Gasteiger partial charge in [-0.1, -0.05) is 47.1 Å². The summed E-state index contributed by atoms with van der Waals surface area (Å²) >= 11 is 1.62. The molecule has 5 nitrogen and oxygen atoms in total. The van der Waals surface area contributed by atoms with Crippen LogP contribution in [0.25, 0.3) is 33.4 Å². The van der Waals surface area contributed by atoms with Gasteiger partial charge < -0.3 is 14.7 Å². The molecule has 1 unspecified atom stereocenters. The van der Waals surface area contributed by atoms with Crippen LogP contribution < -0.4 is 5.32 Å². The third-order valence-electron chi connectivity index (χ3n) is 7.51. The van der Waals surface area contributed by atoms with Gasteiger partial charge in [0.05, 0.1) is 28.1 Å². The molecule has 0 aliphatic heterocycles. The summed E-state index contributed by atoms with van der Waals surface area (Å²) in [5, 5.41) is 7.42. The van der Waals surface area contributed by atoms with E-state index in [4.69, 9.17) is 9.97 Å². The predicted octanol–water partition coefficient (Wildman–Crippen LogP) is 7.28. The van der Waals surface area contributed by atoms with Crippen LogP contribution in [0.15, 0.2) is 41.9 Å². The first kappa shape index (κ1) is 27.2. The van der Waals surface area contributed by atoms with Gasteiger partial charge >= 0.3 is 0 Å². The summed E-state index contributed by atoms with van der Waals surface area (Å²) in [5.41, 5.74) is 8.60. The monoisotopic (exact) mass is 516 g/mol. The van der Waals surface area contributed by atoms with Gasteiger partial charge in [-0.15, -0.1) is 11.3 Å². The van der Waals surface area contributed by atoms with Gasteiger partial charge in [0.2, 0.25) is 0 Å². The van der Waals surface area contributed by atoms with Crippen LogP contribution in [-0.2, 0) is 24.2 Å². The van der Waals surface area contributed by atoms with E-state index in [1.165, 1.54) is 27.7 Å². The molecule has 0 saturated heterocycles. The van der Waals surface area contributed by atoms with E-state index in [9.17, 15) is 4.79 Å². The maximum absolute atomic E-state index is 11.3. The van der Waals surface area contributed by atoms with E-state index < -0.39 is 0 Å². The molecule has 0 spiro atoms. The van der Waals surface area contributed by atoms with Gasteiger partial charge in [0.25, 0.3) is 0 Å². The van der Waals surface area contributed by atoms with Crippen molar-refractivity contribution in [3.63, 3.8) is 0 Å². The lowest BCUT2D eigenvalue weighted by molar-refractivity contribution is -0.109. The highest BCUT2D eigenvalue weighted by atomic mass is 32.1. The van der Waals surface area contributed by atoms with Gasteiger partial charge in [-0.3, -0.25) is 4.98 Å². The van der Waals surface area contributed by atoms with Crippen LogP contribution >= 0.6 is 11.3 Å². The number of rotatable bonds is 11. The summed E-state index contributed by atoms with van der Waals surface area (Å²) < 4.78 is 2.47. The number of fused-ring (bicyclic) bond motifs is 1. The summed E-state index contributed by atoms with van der Waals surface area (Å²) in [4.78, 5) is 21.0. The third kappa shape index (κ3) is 5.55. The molecule has 3 heterocycles. The van der Waals surface area contributed by atoms with E-state index in [-0.39, 0.29) is 11.5 Å². The van der Waals surface area contributed by atoms with E-state index in [2.05, 4.69) is 87.1 Å². The highest BCUT2D eigenvalue weighted by Crippen LogP contribution is 2.42.